The third-order valence-electron chi connectivity index (χ3n) is 5.39. The van der Waals surface area contributed by atoms with Crippen molar-refractivity contribution in [3.8, 4) is 0 Å². The van der Waals surface area contributed by atoms with Crippen LogP contribution in [0.5, 0.6) is 0 Å². The largest absolute Gasteiger partial charge is 0.348 e. The Morgan fingerprint density at radius 3 is 2.84 bits per heavy atom. The molecule has 5 heteroatoms. The maximum Gasteiger partial charge on any atom is 0.270 e. The average Bonchev–Trinajstić information content (AvgIpc) is 3.10. The first-order chi connectivity index (χ1) is 12.0. The number of nitrogens with one attached hydrogen (secondary N) is 1. The van der Waals surface area contributed by atoms with E-state index < -0.39 is 0 Å². The minimum Gasteiger partial charge on any atom is -0.348 e. The molecule has 1 aromatic carbocycles. The number of amides is 1. The molecule has 1 aliphatic rings. The molecule has 1 saturated carbocycles. The fourth-order valence-corrected chi connectivity index (χ4v) is 4.35. The van der Waals surface area contributed by atoms with Gasteiger partial charge in [0.25, 0.3) is 5.91 Å². The van der Waals surface area contributed by atoms with Gasteiger partial charge < -0.3 is 11.1 Å². The Bertz CT molecular complexity index is 700. The third kappa shape index (κ3) is 4.47. The van der Waals surface area contributed by atoms with Crippen molar-refractivity contribution in [3.63, 3.8) is 0 Å². The van der Waals surface area contributed by atoms with Crippen LogP contribution in [0, 0.1) is 11.8 Å². The molecule has 3 rings (SSSR count). The SMILES string of the molecule is CC1CCCC(NC(=O)c2csc(C(N)Cc3ccccc3)n2)C1C. The lowest BCUT2D eigenvalue weighted by Crippen LogP contribution is -2.43. The highest BCUT2D eigenvalue weighted by molar-refractivity contribution is 7.09. The van der Waals surface area contributed by atoms with E-state index in [4.69, 9.17) is 5.73 Å². The van der Waals surface area contributed by atoms with Gasteiger partial charge in [-0.3, -0.25) is 4.79 Å². The number of nitrogens with zero attached hydrogens (tertiary/aromatic N) is 1. The Morgan fingerprint density at radius 2 is 2.08 bits per heavy atom. The highest BCUT2D eigenvalue weighted by atomic mass is 32.1. The summed E-state index contributed by atoms with van der Waals surface area (Å²) in [6.45, 7) is 4.50. The summed E-state index contributed by atoms with van der Waals surface area (Å²) in [5, 5.41) is 5.83. The van der Waals surface area contributed by atoms with Crippen molar-refractivity contribution >= 4 is 17.2 Å². The number of hydrogen-bond donors (Lipinski definition) is 2. The monoisotopic (exact) mass is 357 g/mol. The topological polar surface area (TPSA) is 68.0 Å². The molecule has 4 atom stereocenters. The first-order valence-electron chi connectivity index (χ1n) is 9.10. The predicted octanol–water partition coefficient (Wildman–Crippen LogP) is 3.94. The first kappa shape index (κ1) is 18.1. The molecule has 0 spiro atoms. The molecule has 2 aromatic rings. The number of benzene rings is 1. The van der Waals surface area contributed by atoms with E-state index in [9.17, 15) is 4.79 Å². The lowest BCUT2D eigenvalue weighted by molar-refractivity contribution is 0.0886. The van der Waals surface area contributed by atoms with Crippen LogP contribution in [0.25, 0.3) is 0 Å². The molecule has 4 unspecified atom stereocenters. The highest BCUT2D eigenvalue weighted by Crippen LogP contribution is 2.29. The smallest absolute Gasteiger partial charge is 0.270 e. The minimum absolute atomic E-state index is 0.0691. The number of carbonyl (C=O) groups excluding carboxylic acids is 1. The summed E-state index contributed by atoms with van der Waals surface area (Å²) < 4.78 is 0. The molecule has 3 N–H and O–H groups in total. The molecule has 1 amide bonds. The molecule has 1 fully saturated rings. The van der Waals surface area contributed by atoms with Crippen LogP contribution in [0.4, 0.5) is 0 Å². The molecule has 25 heavy (non-hydrogen) atoms. The van der Waals surface area contributed by atoms with Crippen LogP contribution < -0.4 is 11.1 Å². The molecule has 0 radical (unpaired) electrons. The molecule has 0 bridgehead atoms. The summed E-state index contributed by atoms with van der Waals surface area (Å²) in [4.78, 5) is 17.0. The Hall–Kier alpha value is -1.72. The van der Waals surface area contributed by atoms with Crippen LogP contribution in [0.15, 0.2) is 35.7 Å². The number of aromatic nitrogens is 1. The van der Waals surface area contributed by atoms with E-state index in [1.807, 2.05) is 23.6 Å². The zero-order chi connectivity index (χ0) is 17.8. The second-order valence-corrected chi connectivity index (χ2v) is 8.10. The van der Waals surface area contributed by atoms with Gasteiger partial charge in [-0.2, -0.15) is 0 Å². The van der Waals surface area contributed by atoms with Crippen LogP contribution in [-0.4, -0.2) is 16.9 Å². The summed E-state index contributed by atoms with van der Waals surface area (Å²) in [5.41, 5.74) is 7.96. The van der Waals surface area contributed by atoms with Crippen molar-refractivity contribution in [2.45, 2.75) is 51.6 Å². The Kier molecular flexibility index (Phi) is 5.86. The van der Waals surface area contributed by atoms with Crippen molar-refractivity contribution < 1.29 is 4.79 Å². The van der Waals surface area contributed by atoms with E-state index in [0.29, 0.717) is 17.5 Å². The molecule has 0 aliphatic heterocycles. The van der Waals surface area contributed by atoms with Crippen LogP contribution in [0.2, 0.25) is 0 Å². The van der Waals surface area contributed by atoms with Gasteiger partial charge in [0, 0.05) is 11.4 Å². The van der Waals surface area contributed by atoms with Crippen LogP contribution >= 0.6 is 11.3 Å². The standard InChI is InChI=1S/C20H27N3OS/c1-13-7-6-10-17(14(13)2)22-19(24)18-12-25-20(23-18)16(21)11-15-8-4-3-5-9-15/h3-5,8-9,12-14,16-17H,6-7,10-11,21H2,1-2H3,(H,22,24). The van der Waals surface area contributed by atoms with Crippen molar-refractivity contribution in [2.75, 3.05) is 0 Å². The van der Waals surface area contributed by atoms with Crippen LogP contribution in [0.3, 0.4) is 0 Å². The lowest BCUT2D eigenvalue weighted by Gasteiger charge is -2.34. The number of nitrogens with two attached hydrogens (primary N) is 1. The van der Waals surface area contributed by atoms with Gasteiger partial charge >= 0.3 is 0 Å². The summed E-state index contributed by atoms with van der Waals surface area (Å²) in [7, 11) is 0. The molecule has 1 aromatic heterocycles. The second-order valence-electron chi connectivity index (χ2n) is 7.21. The predicted molar refractivity (Wildman–Crippen MR) is 103 cm³/mol. The van der Waals surface area contributed by atoms with Gasteiger partial charge in [-0.15, -0.1) is 11.3 Å². The molecule has 134 valence electrons. The van der Waals surface area contributed by atoms with E-state index in [1.165, 1.54) is 29.7 Å². The van der Waals surface area contributed by atoms with E-state index in [2.05, 4.69) is 36.3 Å². The van der Waals surface area contributed by atoms with Gasteiger partial charge in [-0.25, -0.2) is 4.98 Å². The third-order valence-corrected chi connectivity index (χ3v) is 6.37. The highest BCUT2D eigenvalue weighted by Gasteiger charge is 2.29. The van der Waals surface area contributed by atoms with Gasteiger partial charge in [-0.05, 0) is 30.2 Å². The Morgan fingerprint density at radius 1 is 1.32 bits per heavy atom. The number of carbonyl (C=O) groups is 1. The van der Waals surface area contributed by atoms with Crippen LogP contribution in [-0.2, 0) is 6.42 Å². The fourth-order valence-electron chi connectivity index (χ4n) is 3.55. The summed E-state index contributed by atoms with van der Waals surface area (Å²) in [6, 6.07) is 10.2. The molecule has 0 saturated heterocycles. The molecule has 1 heterocycles. The zero-order valence-corrected chi connectivity index (χ0v) is 15.8. The van der Waals surface area contributed by atoms with Gasteiger partial charge in [0.2, 0.25) is 0 Å². The maximum absolute atomic E-state index is 12.6. The van der Waals surface area contributed by atoms with Crippen LogP contribution in [0.1, 0.15) is 60.2 Å². The number of rotatable bonds is 5. The lowest BCUT2D eigenvalue weighted by atomic mass is 9.78. The van der Waals surface area contributed by atoms with Crippen molar-refractivity contribution in [3.05, 3.63) is 52.0 Å². The fraction of sp³-hybridized carbons (Fsp3) is 0.500. The van der Waals surface area contributed by atoms with Gasteiger partial charge in [0.05, 0.1) is 6.04 Å². The second kappa shape index (κ2) is 8.11. The average molecular weight is 358 g/mol. The molecule has 4 nitrogen and oxygen atoms in total. The van der Waals surface area contributed by atoms with E-state index in [1.54, 1.807) is 0 Å². The minimum atomic E-state index is -0.178. The first-order valence-corrected chi connectivity index (χ1v) is 9.98. The van der Waals surface area contributed by atoms with E-state index in [0.717, 1.165) is 17.8 Å². The molecule has 1 aliphatic carbocycles. The van der Waals surface area contributed by atoms with Crippen molar-refractivity contribution in [1.29, 1.82) is 0 Å². The summed E-state index contributed by atoms with van der Waals surface area (Å²) in [6.07, 6.45) is 4.22. The van der Waals surface area contributed by atoms with Gasteiger partial charge in [-0.1, -0.05) is 57.0 Å². The molecular formula is C20H27N3OS. The molecular weight excluding hydrogens is 330 g/mol. The summed E-state index contributed by atoms with van der Waals surface area (Å²) in [5.74, 6) is 1.10. The number of thiazole rings is 1. The zero-order valence-electron chi connectivity index (χ0n) is 14.9. The Balaban J connectivity index is 1.61. The van der Waals surface area contributed by atoms with E-state index in [-0.39, 0.29) is 18.0 Å². The number of hydrogen-bond acceptors (Lipinski definition) is 4. The summed E-state index contributed by atoms with van der Waals surface area (Å²) >= 11 is 1.47. The van der Waals surface area contributed by atoms with Crippen molar-refractivity contribution in [1.82, 2.24) is 10.3 Å². The van der Waals surface area contributed by atoms with Gasteiger partial charge in [0.15, 0.2) is 0 Å². The maximum atomic E-state index is 12.6. The Labute approximate surface area is 153 Å². The quantitative estimate of drug-likeness (QED) is 0.851. The van der Waals surface area contributed by atoms with E-state index >= 15 is 0 Å². The normalized spacial score (nSPS) is 24.7. The van der Waals surface area contributed by atoms with Crippen molar-refractivity contribution in [2.24, 2.45) is 17.6 Å². The van der Waals surface area contributed by atoms with Gasteiger partial charge in [0.1, 0.15) is 10.7 Å².